The molecule has 2 atom stereocenters. The molecule has 0 radical (unpaired) electrons. The maximum Gasteiger partial charge on any atom is 0.237 e. The molecule has 1 aliphatic carbocycles. The topological polar surface area (TPSA) is 23.6 Å². The van der Waals surface area contributed by atoms with Crippen LogP contribution in [0.25, 0.3) is 0 Å². The van der Waals surface area contributed by atoms with Gasteiger partial charge < -0.3 is 4.90 Å². The average Bonchev–Trinajstić information content (AvgIpc) is 3.31. The minimum atomic E-state index is -0.427. The molecule has 0 fully saturated rings. The Hall–Kier alpha value is -3.24. The number of carbonyl (C=O) groups excluding carboxylic acids is 1. The van der Waals surface area contributed by atoms with Crippen LogP contribution < -0.4 is 0 Å². The number of aryl methyl sites for hydroxylation is 1. The number of benzene rings is 3. The minimum absolute atomic E-state index is 0.0607. The Morgan fingerprint density at radius 2 is 1.69 bits per heavy atom. The average molecular weight is 483 g/mol. The van der Waals surface area contributed by atoms with Crippen molar-refractivity contribution in [2.75, 3.05) is 13.1 Å². The van der Waals surface area contributed by atoms with Crippen molar-refractivity contribution in [1.29, 1.82) is 0 Å². The van der Waals surface area contributed by atoms with Crippen LogP contribution in [0.1, 0.15) is 54.5 Å². The molecule has 1 aliphatic heterocycles. The van der Waals surface area contributed by atoms with E-state index in [0.29, 0.717) is 18.7 Å². The highest BCUT2D eigenvalue weighted by Crippen LogP contribution is 2.42. The van der Waals surface area contributed by atoms with Crippen LogP contribution in [0.4, 0.5) is 4.39 Å². The van der Waals surface area contributed by atoms with E-state index in [1.807, 2.05) is 11.0 Å². The van der Waals surface area contributed by atoms with E-state index in [2.05, 4.69) is 80.3 Å². The molecule has 0 bridgehead atoms. The van der Waals surface area contributed by atoms with E-state index < -0.39 is 5.54 Å². The Morgan fingerprint density at radius 3 is 2.42 bits per heavy atom. The summed E-state index contributed by atoms with van der Waals surface area (Å²) in [7, 11) is 0. The highest BCUT2D eigenvalue weighted by molar-refractivity contribution is 5.79. The van der Waals surface area contributed by atoms with Gasteiger partial charge in [0.05, 0.1) is 12.1 Å². The lowest BCUT2D eigenvalue weighted by Crippen LogP contribution is -2.54. The van der Waals surface area contributed by atoms with E-state index in [1.165, 1.54) is 33.9 Å². The first-order valence-electron chi connectivity index (χ1n) is 13.0. The Balaban J connectivity index is 1.50. The number of carbonyl (C=O) groups is 1. The molecule has 5 rings (SSSR count). The van der Waals surface area contributed by atoms with Gasteiger partial charge in [-0.3, -0.25) is 9.69 Å². The van der Waals surface area contributed by atoms with Crippen LogP contribution in [0.5, 0.6) is 0 Å². The fourth-order valence-corrected chi connectivity index (χ4v) is 6.13. The van der Waals surface area contributed by atoms with Gasteiger partial charge in [0.25, 0.3) is 0 Å². The SMILES string of the molecule is CC1=CCC(N(Cc2ccccc2F)C(=O)CN2CCc3ccccc3C2(C)c2ccccc2C)C1. The molecule has 0 saturated carbocycles. The third-order valence-corrected chi connectivity index (χ3v) is 8.18. The van der Waals surface area contributed by atoms with Gasteiger partial charge in [0, 0.05) is 24.7 Å². The Bertz CT molecular complexity index is 1300. The van der Waals surface area contributed by atoms with Gasteiger partial charge in [-0.25, -0.2) is 4.39 Å². The molecule has 36 heavy (non-hydrogen) atoms. The maximum absolute atomic E-state index is 14.6. The molecule has 3 aromatic rings. The van der Waals surface area contributed by atoms with Crippen LogP contribution in [0.2, 0.25) is 0 Å². The molecule has 3 aromatic carbocycles. The van der Waals surface area contributed by atoms with Crippen molar-refractivity contribution in [2.24, 2.45) is 0 Å². The predicted octanol–water partition coefficient (Wildman–Crippen LogP) is 6.39. The molecule has 0 aromatic heterocycles. The van der Waals surface area contributed by atoms with E-state index in [0.717, 1.165) is 25.8 Å². The van der Waals surface area contributed by atoms with Gasteiger partial charge in [0.1, 0.15) is 5.82 Å². The van der Waals surface area contributed by atoms with Gasteiger partial charge in [-0.05, 0) is 68.4 Å². The van der Waals surface area contributed by atoms with Crippen molar-refractivity contribution in [3.05, 3.63) is 118 Å². The highest BCUT2D eigenvalue weighted by Gasteiger charge is 2.42. The van der Waals surface area contributed by atoms with E-state index >= 15 is 0 Å². The van der Waals surface area contributed by atoms with Gasteiger partial charge in [-0.1, -0.05) is 78.4 Å². The quantitative estimate of drug-likeness (QED) is 0.380. The van der Waals surface area contributed by atoms with Gasteiger partial charge in [0.2, 0.25) is 5.91 Å². The van der Waals surface area contributed by atoms with E-state index in [9.17, 15) is 9.18 Å². The van der Waals surface area contributed by atoms with Crippen LogP contribution in [-0.4, -0.2) is 34.8 Å². The van der Waals surface area contributed by atoms with Gasteiger partial charge >= 0.3 is 0 Å². The molecule has 3 nitrogen and oxygen atoms in total. The zero-order valence-corrected chi connectivity index (χ0v) is 21.5. The van der Waals surface area contributed by atoms with Crippen molar-refractivity contribution in [2.45, 2.75) is 58.2 Å². The Kier molecular flexibility index (Phi) is 6.81. The Morgan fingerprint density at radius 1 is 1.00 bits per heavy atom. The number of halogens is 1. The van der Waals surface area contributed by atoms with Crippen molar-refractivity contribution in [3.8, 4) is 0 Å². The zero-order chi connectivity index (χ0) is 25.3. The second-order valence-electron chi connectivity index (χ2n) is 10.5. The maximum atomic E-state index is 14.6. The molecule has 1 heterocycles. The highest BCUT2D eigenvalue weighted by atomic mass is 19.1. The smallest absolute Gasteiger partial charge is 0.237 e. The molecule has 2 unspecified atom stereocenters. The fourth-order valence-electron chi connectivity index (χ4n) is 6.13. The summed E-state index contributed by atoms with van der Waals surface area (Å²) in [6.07, 6.45) is 4.78. The molecule has 0 saturated heterocycles. The number of hydrogen-bond donors (Lipinski definition) is 0. The lowest BCUT2D eigenvalue weighted by atomic mass is 9.75. The fraction of sp³-hybridized carbons (Fsp3) is 0.344. The summed E-state index contributed by atoms with van der Waals surface area (Å²) < 4.78 is 14.6. The molecule has 4 heteroatoms. The molecule has 0 N–H and O–H groups in total. The number of hydrogen-bond acceptors (Lipinski definition) is 2. The number of fused-ring (bicyclic) bond motifs is 1. The van der Waals surface area contributed by atoms with Gasteiger partial charge in [-0.15, -0.1) is 0 Å². The first-order valence-corrected chi connectivity index (χ1v) is 13.0. The normalized spacial score (nSPS) is 21.7. The monoisotopic (exact) mass is 482 g/mol. The number of rotatable bonds is 6. The van der Waals surface area contributed by atoms with E-state index in [4.69, 9.17) is 0 Å². The third-order valence-electron chi connectivity index (χ3n) is 8.18. The van der Waals surface area contributed by atoms with E-state index in [-0.39, 0.29) is 17.8 Å². The molecular weight excluding hydrogens is 447 g/mol. The summed E-state index contributed by atoms with van der Waals surface area (Å²) in [5.74, 6) is -0.194. The minimum Gasteiger partial charge on any atom is -0.334 e. The second-order valence-corrected chi connectivity index (χ2v) is 10.5. The van der Waals surface area contributed by atoms with Crippen LogP contribution in [0, 0.1) is 12.7 Å². The lowest BCUT2D eigenvalue weighted by Gasteiger charge is -2.47. The summed E-state index contributed by atoms with van der Waals surface area (Å²) in [5, 5.41) is 0. The van der Waals surface area contributed by atoms with Crippen LogP contribution in [0.15, 0.2) is 84.4 Å². The standard InChI is InChI=1S/C32H35FN2O/c1-23-16-17-27(20-23)35(21-26-12-6-9-15-30(26)33)31(36)22-34-19-18-25-11-5-8-14-29(25)32(34,3)28-13-7-4-10-24(28)2/h4-16,27H,17-22H2,1-3H3. The summed E-state index contributed by atoms with van der Waals surface area (Å²) in [4.78, 5) is 18.3. The molecular formula is C32H35FN2O. The summed E-state index contributed by atoms with van der Waals surface area (Å²) in [5.41, 5.74) is 6.48. The zero-order valence-electron chi connectivity index (χ0n) is 21.5. The summed E-state index contributed by atoms with van der Waals surface area (Å²) in [6.45, 7) is 7.90. The lowest BCUT2D eigenvalue weighted by molar-refractivity contribution is -0.136. The van der Waals surface area contributed by atoms with Crippen molar-refractivity contribution in [3.63, 3.8) is 0 Å². The molecule has 186 valence electrons. The first-order chi connectivity index (χ1) is 17.4. The number of amides is 1. The first kappa shape index (κ1) is 24.5. The third kappa shape index (κ3) is 4.51. The van der Waals surface area contributed by atoms with Crippen LogP contribution in [-0.2, 0) is 23.3 Å². The van der Waals surface area contributed by atoms with Crippen molar-refractivity contribution in [1.82, 2.24) is 9.80 Å². The van der Waals surface area contributed by atoms with Crippen LogP contribution >= 0.6 is 0 Å². The predicted molar refractivity (Wildman–Crippen MR) is 143 cm³/mol. The van der Waals surface area contributed by atoms with E-state index in [1.54, 1.807) is 12.1 Å². The molecule has 2 aliphatic rings. The molecule has 0 spiro atoms. The summed E-state index contributed by atoms with van der Waals surface area (Å²) in [6, 6.07) is 24.0. The second kappa shape index (κ2) is 10.0. The van der Waals surface area contributed by atoms with Crippen LogP contribution in [0.3, 0.4) is 0 Å². The van der Waals surface area contributed by atoms with Gasteiger partial charge in [0.15, 0.2) is 0 Å². The summed E-state index contributed by atoms with van der Waals surface area (Å²) >= 11 is 0. The van der Waals surface area contributed by atoms with Crippen molar-refractivity contribution >= 4 is 5.91 Å². The van der Waals surface area contributed by atoms with Crippen molar-refractivity contribution < 1.29 is 9.18 Å². The van der Waals surface area contributed by atoms with Gasteiger partial charge in [-0.2, -0.15) is 0 Å². The Labute approximate surface area is 214 Å². The number of nitrogens with zero attached hydrogens (tertiary/aromatic N) is 2. The molecule has 1 amide bonds. The largest absolute Gasteiger partial charge is 0.334 e.